The molecule has 0 aromatic carbocycles. The molecule has 2 amide bonds. The Morgan fingerprint density at radius 2 is 2.25 bits per heavy atom. The van der Waals surface area contributed by atoms with Crippen LogP contribution < -0.4 is 4.90 Å². The normalized spacial score (nSPS) is 19.4. The molecular weight excluding hydrogens is 254 g/mol. The van der Waals surface area contributed by atoms with Crippen molar-refractivity contribution in [3.05, 3.63) is 24.0 Å². The lowest BCUT2D eigenvalue weighted by atomic mass is 10.1. The first-order valence-electron chi connectivity index (χ1n) is 7.26. The average molecular weight is 273 g/mol. The van der Waals surface area contributed by atoms with Crippen LogP contribution in [0.4, 0.5) is 5.69 Å². The third-order valence-corrected chi connectivity index (χ3v) is 4.20. The van der Waals surface area contributed by atoms with Crippen molar-refractivity contribution in [3.63, 3.8) is 0 Å². The molecule has 0 spiro atoms. The lowest BCUT2D eigenvalue weighted by Gasteiger charge is -2.30. The fraction of sp³-hybridized carbons (Fsp3) is 0.533. The van der Waals surface area contributed by atoms with Crippen LogP contribution in [-0.2, 0) is 16.0 Å². The summed E-state index contributed by atoms with van der Waals surface area (Å²) >= 11 is 0. The second-order valence-electron chi connectivity index (χ2n) is 5.36. The molecule has 3 heterocycles. The first kappa shape index (κ1) is 13.1. The molecule has 5 nitrogen and oxygen atoms in total. The second-order valence-corrected chi connectivity index (χ2v) is 5.36. The Morgan fingerprint density at radius 3 is 2.95 bits per heavy atom. The molecule has 0 N–H and O–H groups in total. The summed E-state index contributed by atoms with van der Waals surface area (Å²) in [6.07, 6.45) is 6.49. The van der Waals surface area contributed by atoms with Gasteiger partial charge in [-0.05, 0) is 30.9 Å². The minimum atomic E-state index is -0.316. The van der Waals surface area contributed by atoms with Gasteiger partial charge >= 0.3 is 0 Å². The van der Waals surface area contributed by atoms with Gasteiger partial charge in [0.05, 0.1) is 5.69 Å². The maximum absolute atomic E-state index is 12.8. The summed E-state index contributed by atoms with van der Waals surface area (Å²) in [5, 5.41) is 0. The van der Waals surface area contributed by atoms with Gasteiger partial charge in [-0.3, -0.25) is 14.6 Å². The molecule has 3 rings (SSSR count). The maximum Gasteiger partial charge on any atom is 0.249 e. The van der Waals surface area contributed by atoms with E-state index < -0.39 is 0 Å². The minimum absolute atomic E-state index is 0.0488. The number of hydrogen-bond acceptors (Lipinski definition) is 3. The van der Waals surface area contributed by atoms with Crippen LogP contribution in [0.25, 0.3) is 0 Å². The van der Waals surface area contributed by atoms with E-state index in [0.717, 1.165) is 24.1 Å². The van der Waals surface area contributed by atoms with Crippen molar-refractivity contribution < 1.29 is 9.59 Å². The minimum Gasteiger partial charge on any atom is -0.331 e. The summed E-state index contributed by atoms with van der Waals surface area (Å²) in [5.41, 5.74) is 2.07. The molecule has 1 fully saturated rings. The molecule has 106 valence electrons. The standard InChI is InChI=1S/C15H19N3O2/c1-2-12(17-8-3-4-14(17)19)15(20)18-9-6-11-10-16-7-5-13(11)18/h5,7,10,12H,2-4,6,8-9H2,1H3/t12-/m0/s1. The van der Waals surface area contributed by atoms with E-state index >= 15 is 0 Å². The summed E-state index contributed by atoms with van der Waals surface area (Å²) in [7, 11) is 0. The van der Waals surface area contributed by atoms with Gasteiger partial charge in [-0.1, -0.05) is 6.92 Å². The van der Waals surface area contributed by atoms with Crippen molar-refractivity contribution in [3.8, 4) is 0 Å². The third-order valence-electron chi connectivity index (χ3n) is 4.20. The van der Waals surface area contributed by atoms with Gasteiger partial charge in [0.15, 0.2) is 0 Å². The molecule has 0 unspecified atom stereocenters. The molecule has 1 saturated heterocycles. The Morgan fingerprint density at radius 1 is 1.40 bits per heavy atom. The molecule has 20 heavy (non-hydrogen) atoms. The van der Waals surface area contributed by atoms with E-state index in [1.54, 1.807) is 11.1 Å². The van der Waals surface area contributed by atoms with Gasteiger partial charge in [0.25, 0.3) is 0 Å². The predicted octanol–water partition coefficient (Wildman–Crippen LogP) is 1.37. The van der Waals surface area contributed by atoms with Crippen molar-refractivity contribution in [2.24, 2.45) is 0 Å². The van der Waals surface area contributed by atoms with Crippen molar-refractivity contribution in [1.82, 2.24) is 9.88 Å². The molecule has 0 radical (unpaired) electrons. The van der Waals surface area contributed by atoms with Crippen molar-refractivity contribution >= 4 is 17.5 Å². The zero-order chi connectivity index (χ0) is 14.1. The Kier molecular flexibility index (Phi) is 3.42. The van der Waals surface area contributed by atoms with Gasteiger partial charge in [0.1, 0.15) is 6.04 Å². The lowest BCUT2D eigenvalue weighted by Crippen LogP contribution is -2.48. The topological polar surface area (TPSA) is 53.5 Å². The van der Waals surface area contributed by atoms with E-state index in [2.05, 4.69) is 4.98 Å². The van der Waals surface area contributed by atoms with Gasteiger partial charge < -0.3 is 9.80 Å². The molecule has 5 heteroatoms. The molecule has 2 aliphatic heterocycles. The Labute approximate surface area is 118 Å². The number of nitrogens with zero attached hydrogens (tertiary/aromatic N) is 3. The Hall–Kier alpha value is -1.91. The number of likely N-dealkylation sites (tertiary alicyclic amines) is 1. The zero-order valence-corrected chi connectivity index (χ0v) is 11.7. The molecule has 0 saturated carbocycles. The van der Waals surface area contributed by atoms with Gasteiger partial charge in [-0.25, -0.2) is 0 Å². The second kappa shape index (κ2) is 5.23. The van der Waals surface area contributed by atoms with Crippen LogP contribution in [0.15, 0.2) is 18.5 Å². The Bertz CT molecular complexity index is 544. The van der Waals surface area contributed by atoms with Gasteiger partial charge in [-0.2, -0.15) is 0 Å². The third kappa shape index (κ3) is 2.07. The number of hydrogen-bond donors (Lipinski definition) is 0. The van der Waals surface area contributed by atoms with Crippen LogP contribution in [0, 0.1) is 0 Å². The van der Waals surface area contributed by atoms with E-state index in [0.29, 0.717) is 25.9 Å². The van der Waals surface area contributed by atoms with E-state index in [-0.39, 0.29) is 17.9 Å². The monoisotopic (exact) mass is 273 g/mol. The number of amides is 2. The molecule has 1 aromatic heterocycles. The SMILES string of the molecule is CC[C@@H](C(=O)N1CCc2cnccc21)N1CCCC1=O. The quantitative estimate of drug-likeness (QED) is 0.836. The lowest BCUT2D eigenvalue weighted by molar-refractivity contribution is -0.136. The highest BCUT2D eigenvalue weighted by Gasteiger charge is 2.36. The molecule has 2 aliphatic rings. The van der Waals surface area contributed by atoms with Crippen LogP contribution in [0.3, 0.4) is 0 Å². The summed E-state index contributed by atoms with van der Waals surface area (Å²) in [6, 6.07) is 1.57. The average Bonchev–Trinajstić information content (AvgIpc) is 3.06. The van der Waals surface area contributed by atoms with Gasteiger partial charge in [0.2, 0.25) is 11.8 Å². The van der Waals surface area contributed by atoms with Crippen molar-refractivity contribution in [1.29, 1.82) is 0 Å². The maximum atomic E-state index is 12.8. The van der Waals surface area contributed by atoms with Crippen LogP contribution in [0.2, 0.25) is 0 Å². The first-order valence-corrected chi connectivity index (χ1v) is 7.26. The number of anilines is 1. The Balaban J connectivity index is 1.83. The van der Waals surface area contributed by atoms with Crippen LogP contribution in [-0.4, -0.2) is 40.8 Å². The predicted molar refractivity (Wildman–Crippen MR) is 75.3 cm³/mol. The van der Waals surface area contributed by atoms with Gasteiger partial charge in [-0.15, -0.1) is 0 Å². The molecule has 0 bridgehead atoms. The molecule has 1 atom stereocenters. The number of carbonyl (C=O) groups excluding carboxylic acids is 2. The fourth-order valence-electron chi connectivity index (χ4n) is 3.16. The van der Waals surface area contributed by atoms with E-state index in [4.69, 9.17) is 0 Å². The van der Waals surface area contributed by atoms with E-state index in [1.165, 1.54) is 0 Å². The zero-order valence-electron chi connectivity index (χ0n) is 11.7. The summed E-state index contributed by atoms with van der Waals surface area (Å²) in [6.45, 7) is 3.37. The van der Waals surface area contributed by atoms with Crippen molar-refractivity contribution in [2.75, 3.05) is 18.0 Å². The van der Waals surface area contributed by atoms with E-state index in [1.807, 2.05) is 24.1 Å². The summed E-state index contributed by atoms with van der Waals surface area (Å²) < 4.78 is 0. The highest BCUT2D eigenvalue weighted by Crippen LogP contribution is 2.29. The van der Waals surface area contributed by atoms with E-state index in [9.17, 15) is 9.59 Å². The number of rotatable bonds is 3. The smallest absolute Gasteiger partial charge is 0.249 e. The number of carbonyl (C=O) groups is 2. The summed E-state index contributed by atoms with van der Waals surface area (Å²) in [4.78, 5) is 32.3. The largest absolute Gasteiger partial charge is 0.331 e. The van der Waals surface area contributed by atoms with Gasteiger partial charge in [0, 0.05) is 31.9 Å². The van der Waals surface area contributed by atoms with Crippen LogP contribution in [0.5, 0.6) is 0 Å². The number of pyridine rings is 1. The number of fused-ring (bicyclic) bond motifs is 1. The highest BCUT2D eigenvalue weighted by atomic mass is 16.2. The summed E-state index contributed by atoms with van der Waals surface area (Å²) in [5.74, 6) is 0.159. The molecular formula is C15H19N3O2. The van der Waals surface area contributed by atoms with Crippen molar-refractivity contribution in [2.45, 2.75) is 38.6 Å². The molecule has 0 aliphatic carbocycles. The highest BCUT2D eigenvalue weighted by molar-refractivity contribution is 6.00. The van der Waals surface area contributed by atoms with Crippen LogP contribution in [0.1, 0.15) is 31.7 Å². The molecule has 1 aromatic rings. The number of aromatic nitrogens is 1. The fourth-order valence-corrected chi connectivity index (χ4v) is 3.16. The first-order chi connectivity index (χ1) is 9.72. The van der Waals surface area contributed by atoms with Crippen LogP contribution >= 0.6 is 0 Å².